The first-order valence-electron chi connectivity index (χ1n) is 5.06. The van der Waals surface area contributed by atoms with Gasteiger partial charge in [0.25, 0.3) is 0 Å². The van der Waals surface area contributed by atoms with Gasteiger partial charge in [-0.15, -0.1) is 0 Å². The molecule has 2 aromatic rings. The Morgan fingerprint density at radius 1 is 1.27 bits per heavy atom. The molecule has 0 unspecified atom stereocenters. The minimum Gasteiger partial charge on any atom is -0.395 e. The molecule has 0 aliphatic rings. The van der Waals surface area contributed by atoms with Gasteiger partial charge in [0.1, 0.15) is 0 Å². The number of nitrogens with zero attached hydrogens (tertiary/aromatic N) is 1. The van der Waals surface area contributed by atoms with E-state index in [2.05, 4.69) is 35.4 Å². The fourth-order valence-electron chi connectivity index (χ4n) is 1.75. The van der Waals surface area contributed by atoms with Gasteiger partial charge in [0.05, 0.1) is 6.61 Å². The minimum atomic E-state index is 0.194. The van der Waals surface area contributed by atoms with Gasteiger partial charge in [-0.2, -0.15) is 0 Å². The second-order valence-electron chi connectivity index (χ2n) is 3.22. The standard InChI is InChI=1S/C11H13NO.CH5N/c1-9-8-10-4-2-3-5-11(10)12(9)6-7-13;1-2/h2-5,8,13H,6-7H2,1H3;2H2,1H3. The summed E-state index contributed by atoms with van der Waals surface area (Å²) in [4.78, 5) is 0. The lowest BCUT2D eigenvalue weighted by molar-refractivity contribution is 0.277. The van der Waals surface area contributed by atoms with E-state index in [4.69, 9.17) is 5.11 Å². The molecule has 0 aliphatic heterocycles. The molecule has 0 atom stereocenters. The smallest absolute Gasteiger partial charge is 0.0610 e. The fraction of sp³-hybridized carbons (Fsp3) is 0.333. The van der Waals surface area contributed by atoms with E-state index in [-0.39, 0.29) is 6.61 Å². The highest BCUT2D eigenvalue weighted by molar-refractivity contribution is 5.81. The number of aliphatic hydroxyl groups excluding tert-OH is 1. The van der Waals surface area contributed by atoms with E-state index in [1.807, 2.05) is 12.1 Å². The van der Waals surface area contributed by atoms with E-state index in [0.29, 0.717) is 6.54 Å². The van der Waals surface area contributed by atoms with Crippen LogP contribution in [-0.4, -0.2) is 23.3 Å². The van der Waals surface area contributed by atoms with E-state index in [1.165, 1.54) is 23.6 Å². The molecule has 3 heteroatoms. The van der Waals surface area contributed by atoms with Crippen molar-refractivity contribution in [2.24, 2.45) is 5.73 Å². The van der Waals surface area contributed by atoms with Gasteiger partial charge in [-0.1, -0.05) is 18.2 Å². The summed E-state index contributed by atoms with van der Waals surface area (Å²) in [7, 11) is 1.50. The average molecular weight is 206 g/mol. The molecule has 1 heterocycles. The number of nitrogens with two attached hydrogens (primary N) is 1. The van der Waals surface area contributed by atoms with E-state index in [0.717, 1.165) is 0 Å². The van der Waals surface area contributed by atoms with Crippen molar-refractivity contribution in [3.63, 3.8) is 0 Å². The molecular formula is C12H18N2O. The first kappa shape index (κ1) is 11.8. The Morgan fingerprint density at radius 3 is 2.60 bits per heavy atom. The van der Waals surface area contributed by atoms with Gasteiger partial charge in [-0.25, -0.2) is 0 Å². The highest BCUT2D eigenvalue weighted by atomic mass is 16.3. The number of aliphatic hydroxyl groups is 1. The average Bonchev–Trinajstić information content (AvgIpc) is 2.59. The quantitative estimate of drug-likeness (QED) is 0.782. The second-order valence-corrected chi connectivity index (χ2v) is 3.22. The Bertz CT molecular complexity index is 420. The zero-order valence-corrected chi connectivity index (χ0v) is 9.27. The van der Waals surface area contributed by atoms with Crippen LogP contribution in [-0.2, 0) is 6.54 Å². The molecular weight excluding hydrogens is 188 g/mol. The van der Waals surface area contributed by atoms with E-state index in [1.54, 1.807) is 0 Å². The normalized spacial score (nSPS) is 9.87. The molecule has 82 valence electrons. The molecule has 3 nitrogen and oxygen atoms in total. The number of benzene rings is 1. The molecule has 1 aromatic heterocycles. The third-order valence-corrected chi connectivity index (χ3v) is 2.34. The first-order chi connectivity index (χ1) is 7.33. The Kier molecular flexibility index (Phi) is 4.34. The van der Waals surface area contributed by atoms with Crippen molar-refractivity contribution in [2.45, 2.75) is 13.5 Å². The lowest BCUT2D eigenvalue weighted by Gasteiger charge is -2.04. The van der Waals surface area contributed by atoms with Crippen molar-refractivity contribution >= 4 is 10.9 Å². The van der Waals surface area contributed by atoms with Crippen molar-refractivity contribution < 1.29 is 5.11 Å². The fourth-order valence-corrected chi connectivity index (χ4v) is 1.75. The van der Waals surface area contributed by atoms with Crippen molar-refractivity contribution in [3.05, 3.63) is 36.0 Å². The summed E-state index contributed by atoms with van der Waals surface area (Å²) in [5.41, 5.74) is 6.91. The molecule has 15 heavy (non-hydrogen) atoms. The lowest BCUT2D eigenvalue weighted by atomic mass is 10.2. The Morgan fingerprint density at radius 2 is 1.93 bits per heavy atom. The maximum Gasteiger partial charge on any atom is 0.0610 e. The molecule has 0 saturated heterocycles. The molecule has 3 N–H and O–H groups in total. The van der Waals surface area contributed by atoms with Crippen LogP contribution in [0.5, 0.6) is 0 Å². The predicted octanol–water partition coefficient (Wildman–Crippen LogP) is 1.52. The molecule has 0 radical (unpaired) electrons. The monoisotopic (exact) mass is 206 g/mol. The first-order valence-corrected chi connectivity index (χ1v) is 5.06. The largest absolute Gasteiger partial charge is 0.395 e. The van der Waals surface area contributed by atoms with E-state index < -0.39 is 0 Å². The van der Waals surface area contributed by atoms with Crippen molar-refractivity contribution in [1.82, 2.24) is 4.57 Å². The number of hydrogen-bond acceptors (Lipinski definition) is 2. The summed E-state index contributed by atoms with van der Waals surface area (Å²) in [6.07, 6.45) is 0. The summed E-state index contributed by atoms with van der Waals surface area (Å²) >= 11 is 0. The van der Waals surface area contributed by atoms with E-state index >= 15 is 0 Å². The topological polar surface area (TPSA) is 51.2 Å². The summed E-state index contributed by atoms with van der Waals surface area (Å²) in [5.74, 6) is 0. The van der Waals surface area contributed by atoms with Crippen LogP contribution in [0.2, 0.25) is 0 Å². The molecule has 1 aromatic carbocycles. The van der Waals surface area contributed by atoms with Crippen LogP contribution >= 0.6 is 0 Å². The molecule has 0 bridgehead atoms. The van der Waals surface area contributed by atoms with Gasteiger partial charge in [0.15, 0.2) is 0 Å². The van der Waals surface area contributed by atoms with Crippen LogP contribution in [0, 0.1) is 6.92 Å². The SMILES string of the molecule is CN.Cc1cc2ccccc2n1CCO. The minimum absolute atomic E-state index is 0.194. The zero-order valence-electron chi connectivity index (χ0n) is 9.27. The maximum atomic E-state index is 8.90. The van der Waals surface area contributed by atoms with Gasteiger partial charge in [-0.3, -0.25) is 0 Å². The summed E-state index contributed by atoms with van der Waals surface area (Å²) in [6.45, 7) is 2.94. The zero-order chi connectivity index (χ0) is 11.3. The number of rotatable bonds is 2. The van der Waals surface area contributed by atoms with Crippen LogP contribution in [0.15, 0.2) is 30.3 Å². The Balaban J connectivity index is 0.000000531. The van der Waals surface area contributed by atoms with Gasteiger partial charge < -0.3 is 15.4 Å². The molecule has 0 amide bonds. The third-order valence-electron chi connectivity index (χ3n) is 2.34. The second kappa shape index (κ2) is 5.53. The van der Waals surface area contributed by atoms with E-state index in [9.17, 15) is 0 Å². The number of aromatic nitrogens is 1. The van der Waals surface area contributed by atoms with Crippen molar-refractivity contribution in [2.75, 3.05) is 13.7 Å². The predicted molar refractivity (Wildman–Crippen MR) is 63.9 cm³/mol. The lowest BCUT2D eigenvalue weighted by Crippen LogP contribution is -2.02. The van der Waals surface area contributed by atoms with Crippen LogP contribution in [0.25, 0.3) is 10.9 Å². The molecule has 0 aliphatic carbocycles. The highest BCUT2D eigenvalue weighted by Crippen LogP contribution is 2.18. The van der Waals surface area contributed by atoms with Crippen LogP contribution < -0.4 is 5.73 Å². The molecule has 0 spiro atoms. The molecule has 0 saturated carbocycles. The highest BCUT2D eigenvalue weighted by Gasteiger charge is 2.02. The van der Waals surface area contributed by atoms with Crippen LogP contribution in [0.1, 0.15) is 5.69 Å². The number of hydrogen-bond donors (Lipinski definition) is 2. The van der Waals surface area contributed by atoms with Crippen LogP contribution in [0.3, 0.4) is 0 Å². The Hall–Kier alpha value is -1.32. The van der Waals surface area contributed by atoms with Crippen molar-refractivity contribution in [1.29, 1.82) is 0 Å². The number of para-hydroxylation sites is 1. The number of aryl methyl sites for hydroxylation is 1. The maximum absolute atomic E-state index is 8.90. The van der Waals surface area contributed by atoms with Gasteiger partial charge in [0, 0.05) is 17.8 Å². The van der Waals surface area contributed by atoms with Crippen molar-refractivity contribution in [3.8, 4) is 0 Å². The molecule has 0 fully saturated rings. The van der Waals surface area contributed by atoms with Crippen LogP contribution in [0.4, 0.5) is 0 Å². The van der Waals surface area contributed by atoms with Gasteiger partial charge in [0.2, 0.25) is 0 Å². The van der Waals surface area contributed by atoms with Gasteiger partial charge >= 0.3 is 0 Å². The van der Waals surface area contributed by atoms with Gasteiger partial charge in [-0.05, 0) is 31.5 Å². The summed E-state index contributed by atoms with van der Waals surface area (Å²) in [5, 5.41) is 10.1. The molecule has 2 rings (SSSR count). The summed E-state index contributed by atoms with van der Waals surface area (Å²) in [6, 6.07) is 10.4. The Labute approximate surface area is 90.1 Å². The summed E-state index contributed by atoms with van der Waals surface area (Å²) < 4.78 is 2.13. The number of fused-ring (bicyclic) bond motifs is 1. The third kappa shape index (κ3) is 2.37.